The van der Waals surface area contributed by atoms with Gasteiger partial charge in [-0.3, -0.25) is 9.69 Å². The van der Waals surface area contributed by atoms with Gasteiger partial charge in [0.05, 0.1) is 16.4 Å². The average Bonchev–Trinajstić information content (AvgIpc) is 3.27. The molecule has 2 heterocycles. The van der Waals surface area contributed by atoms with Crippen LogP contribution in [0.1, 0.15) is 54.8 Å². The highest BCUT2D eigenvalue weighted by Gasteiger charge is 2.32. The fourth-order valence-electron chi connectivity index (χ4n) is 2.81. The molecule has 4 nitrogen and oxygen atoms in total. The van der Waals surface area contributed by atoms with E-state index in [2.05, 4.69) is 24.1 Å². The van der Waals surface area contributed by atoms with Gasteiger partial charge in [0.25, 0.3) is 5.91 Å². The summed E-state index contributed by atoms with van der Waals surface area (Å²) in [6.45, 7) is 4.29. The third kappa shape index (κ3) is 3.24. The minimum absolute atomic E-state index is 0.136. The average molecular weight is 370 g/mol. The Labute approximate surface area is 156 Å². The molecule has 1 saturated heterocycles. The lowest BCUT2D eigenvalue weighted by Gasteiger charge is -2.15. The Hall–Kier alpha value is -2.05. The van der Waals surface area contributed by atoms with Crippen molar-refractivity contribution >= 4 is 46.3 Å². The second kappa shape index (κ2) is 6.35. The van der Waals surface area contributed by atoms with E-state index in [1.54, 1.807) is 22.3 Å². The Morgan fingerprint density at radius 1 is 1.32 bits per heavy atom. The largest absolute Gasteiger partial charge is 0.327 e. The summed E-state index contributed by atoms with van der Waals surface area (Å²) in [6.07, 6.45) is 4.25. The molecule has 128 valence electrons. The molecule has 1 amide bonds. The summed E-state index contributed by atoms with van der Waals surface area (Å²) in [7, 11) is 0. The van der Waals surface area contributed by atoms with Crippen LogP contribution < -0.4 is 10.2 Å². The Kier molecular flexibility index (Phi) is 4.17. The molecule has 4 rings (SSSR count). The standard InChI is InChI=1S/C19H19N3OS2/c1-11(2)12-5-7-15(8-6-12)22-18(23)16(21-19(22)24)9-14-10-25-17(20-14)13-3-4-13/h5-11,13H,3-4H2,1-2H3,(H,21,24). The van der Waals surface area contributed by atoms with Gasteiger partial charge in [-0.05, 0) is 54.7 Å². The lowest BCUT2D eigenvalue weighted by Crippen LogP contribution is -2.30. The molecule has 0 bridgehead atoms. The highest BCUT2D eigenvalue weighted by Crippen LogP contribution is 2.41. The molecule has 2 aliphatic rings. The molecular formula is C19H19N3OS2. The lowest BCUT2D eigenvalue weighted by atomic mass is 10.0. The van der Waals surface area contributed by atoms with E-state index in [9.17, 15) is 4.79 Å². The van der Waals surface area contributed by atoms with Crippen molar-refractivity contribution in [1.29, 1.82) is 0 Å². The van der Waals surface area contributed by atoms with Gasteiger partial charge in [0, 0.05) is 11.3 Å². The van der Waals surface area contributed by atoms with Crippen molar-refractivity contribution in [3.05, 3.63) is 51.6 Å². The van der Waals surface area contributed by atoms with Crippen molar-refractivity contribution in [3.8, 4) is 0 Å². The van der Waals surface area contributed by atoms with Crippen LogP contribution in [0.15, 0.2) is 35.3 Å². The van der Waals surface area contributed by atoms with Crippen molar-refractivity contribution < 1.29 is 4.79 Å². The van der Waals surface area contributed by atoms with Gasteiger partial charge in [-0.15, -0.1) is 11.3 Å². The number of carbonyl (C=O) groups is 1. The van der Waals surface area contributed by atoms with Gasteiger partial charge >= 0.3 is 0 Å². The number of rotatable bonds is 4. The fraction of sp³-hybridized carbons (Fsp3) is 0.316. The van der Waals surface area contributed by atoms with E-state index in [1.165, 1.54) is 23.4 Å². The first-order chi connectivity index (χ1) is 12.0. The number of anilines is 1. The smallest absolute Gasteiger partial charge is 0.281 e. The van der Waals surface area contributed by atoms with Crippen LogP contribution in [0, 0.1) is 0 Å². The molecule has 1 aromatic heterocycles. The number of aromatic nitrogens is 1. The van der Waals surface area contributed by atoms with E-state index in [4.69, 9.17) is 12.2 Å². The molecule has 1 aliphatic heterocycles. The summed E-state index contributed by atoms with van der Waals surface area (Å²) in [5.41, 5.74) is 3.32. The van der Waals surface area contributed by atoms with E-state index >= 15 is 0 Å². The number of carbonyl (C=O) groups excluding carboxylic acids is 1. The normalized spacial score (nSPS) is 19.2. The SMILES string of the molecule is CC(C)c1ccc(N2C(=O)C(=Cc3csc(C4CC4)n3)NC2=S)cc1. The van der Waals surface area contributed by atoms with Gasteiger partial charge in [0.15, 0.2) is 5.11 Å². The second-order valence-electron chi connectivity index (χ2n) is 6.76. The predicted octanol–water partition coefficient (Wildman–Crippen LogP) is 4.41. The molecule has 0 unspecified atom stereocenters. The van der Waals surface area contributed by atoms with Gasteiger partial charge in [0.2, 0.25) is 0 Å². The zero-order chi connectivity index (χ0) is 17.6. The third-order valence-corrected chi connectivity index (χ3v) is 5.76. The molecule has 1 aliphatic carbocycles. The number of thiazole rings is 1. The van der Waals surface area contributed by atoms with E-state index in [0.29, 0.717) is 22.6 Å². The molecule has 2 fully saturated rings. The third-order valence-electron chi connectivity index (χ3n) is 4.45. The van der Waals surface area contributed by atoms with Crippen LogP contribution in [0.3, 0.4) is 0 Å². The number of amides is 1. The Morgan fingerprint density at radius 2 is 2.04 bits per heavy atom. The molecule has 1 saturated carbocycles. The molecule has 0 atom stereocenters. The summed E-state index contributed by atoms with van der Waals surface area (Å²) in [5.74, 6) is 0.943. The highest BCUT2D eigenvalue weighted by molar-refractivity contribution is 7.80. The van der Waals surface area contributed by atoms with Crippen LogP contribution >= 0.6 is 23.6 Å². The van der Waals surface area contributed by atoms with Crippen LogP contribution in [0.25, 0.3) is 6.08 Å². The summed E-state index contributed by atoms with van der Waals surface area (Å²) in [4.78, 5) is 18.9. The maximum absolute atomic E-state index is 12.8. The van der Waals surface area contributed by atoms with Crippen LogP contribution in [0.5, 0.6) is 0 Å². The van der Waals surface area contributed by atoms with E-state index in [-0.39, 0.29) is 5.91 Å². The minimum Gasteiger partial charge on any atom is -0.327 e. The molecule has 1 aromatic carbocycles. The highest BCUT2D eigenvalue weighted by atomic mass is 32.1. The number of nitrogens with zero attached hydrogens (tertiary/aromatic N) is 2. The molecule has 6 heteroatoms. The molecule has 25 heavy (non-hydrogen) atoms. The van der Waals surface area contributed by atoms with E-state index < -0.39 is 0 Å². The van der Waals surface area contributed by atoms with Crippen LogP contribution in [-0.2, 0) is 4.79 Å². The number of hydrogen-bond donors (Lipinski definition) is 1. The second-order valence-corrected chi connectivity index (χ2v) is 8.04. The van der Waals surface area contributed by atoms with Gasteiger partial charge in [-0.2, -0.15) is 0 Å². The first-order valence-corrected chi connectivity index (χ1v) is 9.74. The molecule has 1 N–H and O–H groups in total. The summed E-state index contributed by atoms with van der Waals surface area (Å²) < 4.78 is 0. The maximum Gasteiger partial charge on any atom is 0.281 e. The quantitative estimate of drug-likeness (QED) is 0.641. The van der Waals surface area contributed by atoms with Gasteiger partial charge in [0.1, 0.15) is 5.70 Å². The zero-order valence-electron chi connectivity index (χ0n) is 14.2. The first kappa shape index (κ1) is 16.4. The molecule has 2 aromatic rings. The Balaban J connectivity index is 1.57. The summed E-state index contributed by atoms with van der Waals surface area (Å²) in [6, 6.07) is 7.97. The minimum atomic E-state index is -0.136. The van der Waals surface area contributed by atoms with Crippen molar-refractivity contribution in [1.82, 2.24) is 10.3 Å². The fourth-order valence-corrected chi connectivity index (χ4v) is 4.06. The monoisotopic (exact) mass is 369 g/mol. The van der Waals surface area contributed by atoms with Crippen molar-refractivity contribution in [2.45, 2.75) is 38.5 Å². The molecular weight excluding hydrogens is 350 g/mol. The lowest BCUT2D eigenvalue weighted by molar-refractivity contribution is -0.113. The van der Waals surface area contributed by atoms with E-state index in [1.807, 2.05) is 29.6 Å². The Bertz CT molecular complexity index is 863. The topological polar surface area (TPSA) is 45.2 Å². The maximum atomic E-state index is 12.8. The number of benzene rings is 1. The molecule has 0 spiro atoms. The van der Waals surface area contributed by atoms with Gasteiger partial charge < -0.3 is 5.32 Å². The van der Waals surface area contributed by atoms with Crippen LogP contribution in [0.4, 0.5) is 5.69 Å². The first-order valence-electron chi connectivity index (χ1n) is 8.45. The van der Waals surface area contributed by atoms with Crippen molar-refractivity contribution in [2.24, 2.45) is 0 Å². The van der Waals surface area contributed by atoms with Crippen molar-refractivity contribution in [3.63, 3.8) is 0 Å². The van der Waals surface area contributed by atoms with E-state index in [0.717, 1.165) is 11.4 Å². The summed E-state index contributed by atoms with van der Waals surface area (Å²) in [5, 5.41) is 6.60. The van der Waals surface area contributed by atoms with Gasteiger partial charge in [-0.1, -0.05) is 26.0 Å². The number of thiocarbonyl (C=S) groups is 1. The number of nitrogens with one attached hydrogen (secondary N) is 1. The Morgan fingerprint density at radius 3 is 2.68 bits per heavy atom. The predicted molar refractivity (Wildman–Crippen MR) is 106 cm³/mol. The molecule has 0 radical (unpaired) electrons. The van der Waals surface area contributed by atoms with Crippen LogP contribution in [0.2, 0.25) is 0 Å². The zero-order valence-corrected chi connectivity index (χ0v) is 15.8. The van der Waals surface area contributed by atoms with Crippen LogP contribution in [-0.4, -0.2) is 16.0 Å². The number of hydrogen-bond acceptors (Lipinski definition) is 4. The van der Waals surface area contributed by atoms with Crippen molar-refractivity contribution in [2.75, 3.05) is 4.90 Å². The van der Waals surface area contributed by atoms with Gasteiger partial charge in [-0.25, -0.2) is 4.98 Å². The summed E-state index contributed by atoms with van der Waals surface area (Å²) >= 11 is 7.04.